The molecule has 0 unspecified atom stereocenters. The van der Waals surface area contributed by atoms with Crippen molar-refractivity contribution < 1.29 is 50.3 Å². The number of nitrogens with two attached hydrogens (primary N) is 1. The molecule has 43 heavy (non-hydrogen) atoms. The number of fused-ring (bicyclic) bond motifs is 1. The highest BCUT2D eigenvalue weighted by molar-refractivity contribution is 5.95. The zero-order valence-electron chi connectivity index (χ0n) is 22.6. The fourth-order valence-electron chi connectivity index (χ4n) is 5.01. The van der Waals surface area contributed by atoms with Crippen molar-refractivity contribution in [1.29, 1.82) is 0 Å². The number of amides is 4. The van der Waals surface area contributed by atoms with Crippen LogP contribution in [-0.2, 0) is 44.6 Å². The molecule has 0 bridgehead atoms. The summed E-state index contributed by atoms with van der Waals surface area (Å²) in [5.41, 5.74) is 2.35. The van der Waals surface area contributed by atoms with Crippen LogP contribution in [0.5, 0.6) is 0 Å². The van der Waals surface area contributed by atoms with Crippen LogP contribution in [-0.4, -0.2) is 76.4 Å². The first-order valence-corrected chi connectivity index (χ1v) is 13.0. The number of hydrogen-bond donors (Lipinski definition) is 2. The van der Waals surface area contributed by atoms with Gasteiger partial charge in [-0.1, -0.05) is 30.3 Å². The number of nitrogens with zero attached hydrogens (tertiary/aromatic N) is 3. The summed E-state index contributed by atoms with van der Waals surface area (Å²) in [5, 5.41) is 2.37. The lowest BCUT2D eigenvalue weighted by atomic mass is 10.0. The van der Waals surface area contributed by atoms with E-state index in [1.165, 1.54) is 11.8 Å². The van der Waals surface area contributed by atoms with E-state index >= 15 is 0 Å². The zero-order chi connectivity index (χ0) is 31.7. The summed E-state index contributed by atoms with van der Waals surface area (Å²) >= 11 is 0. The first kappa shape index (κ1) is 31.6. The van der Waals surface area contributed by atoms with Crippen LogP contribution in [0, 0.1) is 0 Å². The van der Waals surface area contributed by atoms with Gasteiger partial charge >= 0.3 is 18.4 Å². The van der Waals surface area contributed by atoms with Crippen molar-refractivity contribution >= 4 is 23.8 Å². The Balaban J connectivity index is 1.62. The second-order valence-electron chi connectivity index (χ2n) is 10.1. The Hall–Kier alpha value is -4.34. The third kappa shape index (κ3) is 7.01. The smallest absolute Gasteiger partial charge is 0.416 e. The molecule has 10 nitrogen and oxygen atoms in total. The van der Waals surface area contributed by atoms with Gasteiger partial charge in [0.25, 0.3) is 0 Å². The first-order valence-electron chi connectivity index (χ1n) is 13.0. The van der Waals surface area contributed by atoms with Crippen molar-refractivity contribution in [3.63, 3.8) is 0 Å². The number of benzene rings is 2. The van der Waals surface area contributed by atoms with Crippen LogP contribution in [0.3, 0.4) is 0 Å². The number of piperazine rings is 1. The lowest BCUT2D eigenvalue weighted by Gasteiger charge is -2.52. The van der Waals surface area contributed by atoms with E-state index in [9.17, 15) is 45.5 Å². The summed E-state index contributed by atoms with van der Waals surface area (Å²) in [5.74, 6) is -1.87. The van der Waals surface area contributed by atoms with Crippen LogP contribution in [0.4, 0.5) is 31.1 Å². The van der Waals surface area contributed by atoms with Crippen molar-refractivity contribution in [3.8, 4) is 0 Å². The molecule has 2 heterocycles. The van der Waals surface area contributed by atoms with Crippen LogP contribution in [0.2, 0.25) is 0 Å². The molecule has 2 fully saturated rings. The maximum Gasteiger partial charge on any atom is 0.416 e. The van der Waals surface area contributed by atoms with Gasteiger partial charge in [-0.05, 0) is 36.2 Å². The molecule has 16 heteroatoms. The van der Waals surface area contributed by atoms with E-state index in [0.29, 0.717) is 12.1 Å². The zero-order valence-corrected chi connectivity index (χ0v) is 22.6. The van der Waals surface area contributed by atoms with Gasteiger partial charge in [0.1, 0.15) is 24.9 Å². The Morgan fingerprint density at radius 2 is 1.53 bits per heavy atom. The molecule has 3 N–H and O–H groups in total. The summed E-state index contributed by atoms with van der Waals surface area (Å²) in [4.78, 5) is 55.4. The summed E-state index contributed by atoms with van der Waals surface area (Å²) in [7, 11) is 0. The molecule has 232 valence electrons. The molecule has 4 rings (SSSR count). The molecule has 2 saturated heterocycles. The summed E-state index contributed by atoms with van der Waals surface area (Å²) < 4.78 is 84.9. The fraction of sp³-hybridized carbons (Fsp3) is 0.407. The normalized spacial score (nSPS) is 21.0. The number of nitrogens with one attached hydrogen (secondary N) is 1. The van der Waals surface area contributed by atoms with E-state index in [-0.39, 0.29) is 19.2 Å². The van der Waals surface area contributed by atoms with E-state index in [4.69, 9.17) is 10.5 Å². The molecule has 0 radical (unpaired) electrons. The third-order valence-electron chi connectivity index (χ3n) is 7.06. The SMILES string of the molecule is C[C@H]1C(=O)N(Cc2ccccc2)C[C@@H]2N(C(=O)OCc3cc(C(F)(F)F)cc(C(F)(F)F)c3)C[C@H](NC(=O)CN)C(=O)N21. The highest BCUT2D eigenvalue weighted by atomic mass is 19.4. The number of rotatable bonds is 6. The number of hydrogen-bond acceptors (Lipinski definition) is 6. The average Bonchev–Trinajstić information content (AvgIpc) is 2.95. The predicted molar refractivity (Wildman–Crippen MR) is 136 cm³/mol. The van der Waals surface area contributed by atoms with Gasteiger partial charge in [0.05, 0.1) is 30.8 Å². The molecule has 0 spiro atoms. The van der Waals surface area contributed by atoms with E-state index in [1.54, 1.807) is 30.3 Å². The molecule has 2 aromatic carbocycles. The van der Waals surface area contributed by atoms with Gasteiger partial charge in [0.15, 0.2) is 0 Å². The number of carbonyl (C=O) groups is 4. The monoisotopic (exact) mass is 615 g/mol. The predicted octanol–water partition coefficient (Wildman–Crippen LogP) is 2.71. The summed E-state index contributed by atoms with van der Waals surface area (Å²) in [6.45, 7) is -0.538. The van der Waals surface area contributed by atoms with Crippen molar-refractivity contribution in [1.82, 2.24) is 20.0 Å². The van der Waals surface area contributed by atoms with E-state index in [2.05, 4.69) is 5.32 Å². The minimum atomic E-state index is -5.10. The summed E-state index contributed by atoms with van der Waals surface area (Å²) in [6.07, 6.45) is -12.5. The summed E-state index contributed by atoms with van der Waals surface area (Å²) in [6, 6.07) is 7.21. The second-order valence-corrected chi connectivity index (χ2v) is 10.1. The van der Waals surface area contributed by atoms with Crippen molar-refractivity contribution in [2.45, 2.75) is 50.7 Å². The van der Waals surface area contributed by atoms with E-state index < -0.39 is 90.8 Å². The standard InChI is InChI=1S/C27H27F6N5O5/c1-15-23(40)36(11-16-5-3-2-4-6-16)13-22-37(12-20(24(41)38(15)22)35-21(39)10-34)25(42)43-14-17-7-18(26(28,29)30)9-19(8-17)27(31,32)33/h2-9,15,20,22H,10-14,34H2,1H3,(H,35,39)/t15-,20-,22+/m0/s1. The lowest BCUT2D eigenvalue weighted by Crippen LogP contribution is -2.75. The van der Waals surface area contributed by atoms with Crippen molar-refractivity contribution in [2.75, 3.05) is 19.6 Å². The lowest BCUT2D eigenvalue weighted by molar-refractivity contribution is -0.170. The van der Waals surface area contributed by atoms with Crippen LogP contribution in [0.25, 0.3) is 0 Å². The maximum atomic E-state index is 13.4. The van der Waals surface area contributed by atoms with Gasteiger partial charge in [0, 0.05) is 6.54 Å². The van der Waals surface area contributed by atoms with Crippen LogP contribution in [0.15, 0.2) is 48.5 Å². The average molecular weight is 616 g/mol. The highest BCUT2D eigenvalue weighted by Gasteiger charge is 2.51. The Bertz CT molecular complexity index is 1350. The van der Waals surface area contributed by atoms with Crippen LogP contribution >= 0.6 is 0 Å². The van der Waals surface area contributed by atoms with Gasteiger partial charge in [-0.3, -0.25) is 19.3 Å². The molecule has 0 aromatic heterocycles. The highest BCUT2D eigenvalue weighted by Crippen LogP contribution is 2.36. The maximum absolute atomic E-state index is 13.4. The third-order valence-corrected chi connectivity index (χ3v) is 7.06. The Kier molecular flexibility index (Phi) is 8.89. The molecule has 4 amide bonds. The topological polar surface area (TPSA) is 125 Å². The van der Waals surface area contributed by atoms with E-state index in [0.717, 1.165) is 15.4 Å². The number of ether oxygens (including phenoxy) is 1. The minimum Gasteiger partial charge on any atom is -0.444 e. The Labute approximate surface area is 241 Å². The number of alkyl halides is 6. The Morgan fingerprint density at radius 3 is 2.09 bits per heavy atom. The van der Waals surface area contributed by atoms with Crippen molar-refractivity contribution in [2.24, 2.45) is 5.73 Å². The Morgan fingerprint density at radius 1 is 0.930 bits per heavy atom. The van der Waals surface area contributed by atoms with Crippen LogP contribution < -0.4 is 11.1 Å². The van der Waals surface area contributed by atoms with Crippen LogP contribution in [0.1, 0.15) is 29.2 Å². The first-order chi connectivity index (χ1) is 20.1. The van der Waals surface area contributed by atoms with Gasteiger partial charge < -0.3 is 25.6 Å². The van der Waals surface area contributed by atoms with E-state index in [1.807, 2.05) is 0 Å². The number of carbonyl (C=O) groups excluding carboxylic acids is 4. The van der Waals surface area contributed by atoms with Gasteiger partial charge in [-0.2, -0.15) is 26.3 Å². The molecular formula is C27H27F6N5O5. The number of halogens is 6. The molecule has 0 aliphatic carbocycles. The molecule has 3 atom stereocenters. The minimum absolute atomic E-state index is 0.0497. The molecule has 2 aromatic rings. The second kappa shape index (κ2) is 12.1. The largest absolute Gasteiger partial charge is 0.444 e. The van der Waals surface area contributed by atoms with Gasteiger partial charge in [-0.25, -0.2) is 4.79 Å². The molecular weight excluding hydrogens is 588 g/mol. The molecule has 0 saturated carbocycles. The van der Waals surface area contributed by atoms with Gasteiger partial charge in [-0.15, -0.1) is 0 Å². The molecule has 2 aliphatic heterocycles. The van der Waals surface area contributed by atoms with Gasteiger partial charge in [0.2, 0.25) is 17.7 Å². The quantitative estimate of drug-likeness (QED) is 0.482. The van der Waals surface area contributed by atoms with Crippen molar-refractivity contribution in [3.05, 3.63) is 70.8 Å². The fourth-order valence-corrected chi connectivity index (χ4v) is 5.01. The molecule has 2 aliphatic rings.